The highest BCUT2D eigenvalue weighted by molar-refractivity contribution is 7.99. The van der Waals surface area contributed by atoms with E-state index in [1.54, 1.807) is 11.8 Å². The van der Waals surface area contributed by atoms with E-state index in [1.165, 1.54) is 0 Å². The van der Waals surface area contributed by atoms with Gasteiger partial charge in [-0.05, 0) is 37.6 Å². The summed E-state index contributed by atoms with van der Waals surface area (Å²) in [5, 5.41) is 3.62. The predicted octanol–water partition coefficient (Wildman–Crippen LogP) is 3.10. The van der Waals surface area contributed by atoms with E-state index < -0.39 is 0 Å². The highest BCUT2D eigenvalue weighted by atomic mass is 35.5. The molecule has 0 saturated heterocycles. The van der Waals surface area contributed by atoms with Crippen molar-refractivity contribution in [2.45, 2.75) is 30.7 Å². The van der Waals surface area contributed by atoms with Crippen LogP contribution in [0.2, 0.25) is 5.02 Å². The summed E-state index contributed by atoms with van der Waals surface area (Å²) >= 11 is 7.50. The van der Waals surface area contributed by atoms with Gasteiger partial charge in [-0.2, -0.15) is 0 Å². The van der Waals surface area contributed by atoms with Gasteiger partial charge in [-0.1, -0.05) is 11.6 Å². The van der Waals surface area contributed by atoms with E-state index in [0.29, 0.717) is 13.0 Å². The molecule has 3 N–H and O–H groups in total. The molecule has 1 aromatic carbocycles. The first kappa shape index (κ1) is 18.6. The van der Waals surface area contributed by atoms with Crippen molar-refractivity contribution in [3.8, 4) is 0 Å². The molecule has 1 rings (SSSR count). The molecular weight excluding hydrogens is 303 g/mol. The van der Waals surface area contributed by atoms with Gasteiger partial charge in [-0.3, -0.25) is 4.79 Å². The molecule has 0 saturated carbocycles. The van der Waals surface area contributed by atoms with Crippen molar-refractivity contribution in [1.29, 1.82) is 0 Å². The van der Waals surface area contributed by atoms with Gasteiger partial charge in [-0.15, -0.1) is 24.2 Å². The number of carbonyl (C=O) groups is 1. The summed E-state index contributed by atoms with van der Waals surface area (Å²) in [5.74, 6) is 0.926. The maximum absolute atomic E-state index is 11.4. The summed E-state index contributed by atoms with van der Waals surface area (Å²) < 4.78 is 0. The molecule has 1 unspecified atom stereocenters. The van der Waals surface area contributed by atoms with Crippen LogP contribution in [0.3, 0.4) is 0 Å². The van der Waals surface area contributed by atoms with E-state index >= 15 is 0 Å². The largest absolute Gasteiger partial charge is 0.355 e. The lowest BCUT2D eigenvalue weighted by Crippen LogP contribution is -2.27. The summed E-state index contributed by atoms with van der Waals surface area (Å²) in [6.07, 6.45) is 1.24. The first-order valence-corrected chi connectivity index (χ1v) is 7.35. The first-order chi connectivity index (χ1) is 8.58. The van der Waals surface area contributed by atoms with Gasteiger partial charge in [0.1, 0.15) is 0 Å². The Bertz CT molecular complexity index is 371. The second kappa shape index (κ2) is 10.4. The van der Waals surface area contributed by atoms with Gasteiger partial charge >= 0.3 is 0 Å². The van der Waals surface area contributed by atoms with E-state index in [1.807, 2.05) is 31.2 Å². The molecule has 0 aromatic heterocycles. The number of thioether (sulfide) groups is 1. The Labute approximate surface area is 130 Å². The number of nitrogens with two attached hydrogens (primary N) is 1. The van der Waals surface area contributed by atoms with Gasteiger partial charge in [0.15, 0.2) is 0 Å². The molecule has 0 bridgehead atoms. The number of halogens is 2. The molecule has 6 heteroatoms. The molecule has 0 spiro atoms. The zero-order valence-corrected chi connectivity index (χ0v) is 13.3. The van der Waals surface area contributed by atoms with Crippen LogP contribution in [0.4, 0.5) is 0 Å². The van der Waals surface area contributed by atoms with Crippen LogP contribution in [0.1, 0.15) is 19.8 Å². The van der Waals surface area contributed by atoms with Crippen LogP contribution in [-0.4, -0.2) is 24.2 Å². The summed E-state index contributed by atoms with van der Waals surface area (Å²) in [5.41, 5.74) is 5.59. The summed E-state index contributed by atoms with van der Waals surface area (Å²) in [7, 11) is 0. The Balaban J connectivity index is 0.00000324. The van der Waals surface area contributed by atoms with Crippen LogP contribution in [0, 0.1) is 0 Å². The number of carbonyl (C=O) groups excluding carboxylic acids is 1. The maximum atomic E-state index is 11.4. The highest BCUT2D eigenvalue weighted by Crippen LogP contribution is 2.19. The van der Waals surface area contributed by atoms with Gasteiger partial charge < -0.3 is 11.1 Å². The van der Waals surface area contributed by atoms with Crippen molar-refractivity contribution in [2.75, 3.05) is 12.3 Å². The quantitative estimate of drug-likeness (QED) is 0.599. The molecule has 1 aromatic rings. The van der Waals surface area contributed by atoms with Gasteiger partial charge in [0, 0.05) is 34.7 Å². The highest BCUT2D eigenvalue weighted by Gasteiger charge is 2.02. The zero-order valence-electron chi connectivity index (χ0n) is 10.9. The Morgan fingerprint density at radius 1 is 1.42 bits per heavy atom. The van der Waals surface area contributed by atoms with Crippen LogP contribution >= 0.6 is 35.8 Å². The number of rotatable bonds is 7. The minimum atomic E-state index is 0. The van der Waals surface area contributed by atoms with E-state index in [-0.39, 0.29) is 24.4 Å². The molecular formula is C13H20Cl2N2OS. The number of hydrogen-bond donors (Lipinski definition) is 2. The molecule has 1 amide bonds. The van der Waals surface area contributed by atoms with E-state index in [9.17, 15) is 4.79 Å². The smallest absolute Gasteiger partial charge is 0.220 e. The van der Waals surface area contributed by atoms with Crippen molar-refractivity contribution in [2.24, 2.45) is 5.73 Å². The third-order valence-corrected chi connectivity index (χ3v) is 3.60. The minimum Gasteiger partial charge on any atom is -0.355 e. The minimum absolute atomic E-state index is 0. The maximum Gasteiger partial charge on any atom is 0.220 e. The lowest BCUT2D eigenvalue weighted by atomic mass is 10.2. The number of nitrogens with one attached hydrogen (secondary N) is 1. The summed E-state index contributed by atoms with van der Waals surface area (Å²) in [6, 6.07) is 7.77. The van der Waals surface area contributed by atoms with Crippen LogP contribution < -0.4 is 11.1 Å². The Hall–Kier alpha value is -0.420. The monoisotopic (exact) mass is 322 g/mol. The first-order valence-electron chi connectivity index (χ1n) is 5.98. The van der Waals surface area contributed by atoms with E-state index in [2.05, 4.69) is 5.32 Å². The van der Waals surface area contributed by atoms with Crippen molar-refractivity contribution in [1.82, 2.24) is 5.32 Å². The Kier molecular flexibility index (Phi) is 10.1. The third kappa shape index (κ3) is 9.16. The van der Waals surface area contributed by atoms with Gasteiger partial charge in [0.2, 0.25) is 5.91 Å². The Morgan fingerprint density at radius 2 is 2.05 bits per heavy atom. The molecule has 19 heavy (non-hydrogen) atoms. The average molecular weight is 323 g/mol. The number of benzene rings is 1. The van der Waals surface area contributed by atoms with Crippen LogP contribution in [0.5, 0.6) is 0 Å². The van der Waals surface area contributed by atoms with Crippen molar-refractivity contribution < 1.29 is 4.79 Å². The topological polar surface area (TPSA) is 55.1 Å². The molecule has 0 heterocycles. The fourth-order valence-electron chi connectivity index (χ4n) is 1.34. The fourth-order valence-corrected chi connectivity index (χ4v) is 2.23. The van der Waals surface area contributed by atoms with Gasteiger partial charge in [0.25, 0.3) is 0 Å². The lowest BCUT2D eigenvalue weighted by Gasteiger charge is -2.06. The molecule has 0 aliphatic rings. The summed E-state index contributed by atoms with van der Waals surface area (Å²) in [6.45, 7) is 2.58. The van der Waals surface area contributed by atoms with Crippen LogP contribution in [0.25, 0.3) is 0 Å². The molecule has 0 aliphatic carbocycles. The average Bonchev–Trinajstić information content (AvgIpc) is 2.34. The van der Waals surface area contributed by atoms with Crippen molar-refractivity contribution >= 4 is 41.7 Å². The number of amides is 1. The number of hydrogen-bond acceptors (Lipinski definition) is 3. The van der Waals surface area contributed by atoms with Gasteiger partial charge in [0.05, 0.1) is 0 Å². The second-order valence-electron chi connectivity index (χ2n) is 4.17. The van der Waals surface area contributed by atoms with Crippen LogP contribution in [0.15, 0.2) is 29.2 Å². The van der Waals surface area contributed by atoms with Crippen molar-refractivity contribution in [3.05, 3.63) is 29.3 Å². The van der Waals surface area contributed by atoms with Crippen LogP contribution in [-0.2, 0) is 4.79 Å². The molecule has 3 nitrogen and oxygen atoms in total. The SMILES string of the molecule is CC(N)CCC(=O)NCCSc1ccc(Cl)cc1.Cl. The van der Waals surface area contributed by atoms with Gasteiger partial charge in [-0.25, -0.2) is 0 Å². The molecule has 1 atom stereocenters. The zero-order chi connectivity index (χ0) is 13.4. The molecule has 0 aliphatic heterocycles. The van der Waals surface area contributed by atoms with Crippen molar-refractivity contribution in [3.63, 3.8) is 0 Å². The standard InChI is InChI=1S/C13H19ClN2OS.ClH/c1-10(15)2-7-13(17)16-8-9-18-12-5-3-11(14)4-6-12;/h3-6,10H,2,7-9,15H2,1H3,(H,16,17);1H. The molecule has 0 fully saturated rings. The lowest BCUT2D eigenvalue weighted by molar-refractivity contribution is -0.121. The summed E-state index contributed by atoms with van der Waals surface area (Å²) in [4.78, 5) is 12.6. The third-order valence-electron chi connectivity index (χ3n) is 2.33. The van der Waals surface area contributed by atoms with E-state index in [4.69, 9.17) is 17.3 Å². The second-order valence-corrected chi connectivity index (χ2v) is 5.77. The Morgan fingerprint density at radius 3 is 2.63 bits per heavy atom. The molecule has 0 radical (unpaired) electrons. The predicted molar refractivity (Wildman–Crippen MR) is 85.3 cm³/mol. The normalized spacial score (nSPS) is 11.5. The van der Waals surface area contributed by atoms with E-state index in [0.717, 1.165) is 22.1 Å². The fraction of sp³-hybridized carbons (Fsp3) is 0.462. The molecule has 108 valence electrons.